The number of rotatable bonds is 2. The van der Waals surface area contributed by atoms with Crippen LogP contribution in [0, 0.1) is 0 Å². The van der Waals surface area contributed by atoms with Gasteiger partial charge in [0.05, 0.1) is 6.61 Å². The molecule has 1 aliphatic carbocycles. The van der Waals surface area contributed by atoms with Crippen LogP contribution in [0.2, 0.25) is 0 Å². The van der Waals surface area contributed by atoms with Gasteiger partial charge in [-0.1, -0.05) is 24.3 Å². The quantitative estimate of drug-likeness (QED) is 0.806. The molecule has 0 aliphatic heterocycles. The van der Waals surface area contributed by atoms with E-state index in [0.29, 0.717) is 0 Å². The second kappa shape index (κ2) is 3.22. The van der Waals surface area contributed by atoms with Gasteiger partial charge in [-0.2, -0.15) is 0 Å². The molecule has 2 aromatic rings. The highest BCUT2D eigenvalue weighted by molar-refractivity contribution is 5.88. The van der Waals surface area contributed by atoms with Gasteiger partial charge in [0.1, 0.15) is 5.75 Å². The molecule has 0 atom stereocenters. The monoisotopic (exact) mass is 214 g/mol. The Morgan fingerprint density at radius 1 is 1.12 bits per heavy atom. The van der Waals surface area contributed by atoms with Gasteiger partial charge in [-0.25, -0.2) is 0 Å². The smallest absolute Gasteiger partial charge is 0.116 e. The van der Waals surface area contributed by atoms with Gasteiger partial charge < -0.3 is 10.2 Å². The number of fused-ring (bicyclic) bond motifs is 1. The van der Waals surface area contributed by atoms with Crippen LogP contribution < -0.4 is 0 Å². The number of hydrogen-bond acceptors (Lipinski definition) is 2. The van der Waals surface area contributed by atoms with Gasteiger partial charge in [-0.3, -0.25) is 0 Å². The lowest BCUT2D eigenvalue weighted by atomic mass is 9.91. The van der Waals surface area contributed by atoms with Crippen LogP contribution in [-0.2, 0) is 5.41 Å². The van der Waals surface area contributed by atoms with Gasteiger partial charge >= 0.3 is 0 Å². The summed E-state index contributed by atoms with van der Waals surface area (Å²) < 4.78 is 0. The Bertz CT molecular complexity index is 541. The molecule has 0 saturated heterocycles. The molecule has 0 unspecified atom stereocenters. The van der Waals surface area contributed by atoms with Crippen molar-refractivity contribution >= 4 is 10.8 Å². The first-order chi connectivity index (χ1) is 7.75. The summed E-state index contributed by atoms with van der Waals surface area (Å²) in [6.45, 7) is 0.196. The summed E-state index contributed by atoms with van der Waals surface area (Å²) in [7, 11) is 0. The largest absolute Gasteiger partial charge is 0.508 e. The molecule has 0 radical (unpaired) electrons. The van der Waals surface area contributed by atoms with Crippen LogP contribution in [0.4, 0.5) is 0 Å². The SMILES string of the molecule is OCC1(c2cccc3ccc(O)cc23)CC1. The van der Waals surface area contributed by atoms with E-state index in [1.165, 1.54) is 5.56 Å². The number of aliphatic hydroxyl groups is 1. The molecule has 16 heavy (non-hydrogen) atoms. The number of hydrogen-bond donors (Lipinski definition) is 2. The molecule has 82 valence electrons. The molecule has 0 amide bonds. The minimum absolute atomic E-state index is 0.0483. The first-order valence-corrected chi connectivity index (χ1v) is 5.58. The van der Waals surface area contributed by atoms with Crippen molar-refractivity contribution in [3.05, 3.63) is 42.0 Å². The van der Waals surface area contributed by atoms with E-state index in [9.17, 15) is 10.2 Å². The number of phenolic OH excluding ortho intramolecular Hbond substituents is 1. The van der Waals surface area contributed by atoms with Gasteiger partial charge in [-0.15, -0.1) is 0 Å². The van der Waals surface area contributed by atoms with Crippen molar-refractivity contribution in [3.8, 4) is 5.75 Å². The molecule has 2 N–H and O–H groups in total. The van der Waals surface area contributed by atoms with Crippen LogP contribution in [0.25, 0.3) is 10.8 Å². The zero-order chi connectivity index (χ0) is 11.2. The zero-order valence-corrected chi connectivity index (χ0v) is 8.98. The fourth-order valence-electron chi connectivity index (χ4n) is 2.39. The van der Waals surface area contributed by atoms with Gasteiger partial charge in [-0.05, 0) is 41.3 Å². The van der Waals surface area contributed by atoms with Crippen LogP contribution in [-0.4, -0.2) is 16.8 Å². The maximum absolute atomic E-state index is 9.55. The Morgan fingerprint density at radius 3 is 2.62 bits per heavy atom. The van der Waals surface area contributed by atoms with E-state index in [0.717, 1.165) is 23.6 Å². The topological polar surface area (TPSA) is 40.5 Å². The van der Waals surface area contributed by atoms with Crippen molar-refractivity contribution in [1.82, 2.24) is 0 Å². The Balaban J connectivity index is 2.28. The fourth-order valence-corrected chi connectivity index (χ4v) is 2.39. The van der Waals surface area contributed by atoms with Gasteiger partial charge in [0.2, 0.25) is 0 Å². The van der Waals surface area contributed by atoms with E-state index in [-0.39, 0.29) is 17.8 Å². The van der Waals surface area contributed by atoms with E-state index in [2.05, 4.69) is 6.07 Å². The van der Waals surface area contributed by atoms with E-state index >= 15 is 0 Å². The average molecular weight is 214 g/mol. The molecule has 2 aromatic carbocycles. The Morgan fingerprint density at radius 2 is 1.94 bits per heavy atom. The van der Waals surface area contributed by atoms with Crippen molar-refractivity contribution in [2.24, 2.45) is 0 Å². The second-order valence-corrected chi connectivity index (χ2v) is 4.65. The van der Waals surface area contributed by atoms with E-state index in [4.69, 9.17) is 0 Å². The number of phenols is 1. The summed E-state index contributed by atoms with van der Waals surface area (Å²) in [5.41, 5.74) is 1.12. The van der Waals surface area contributed by atoms with Gasteiger partial charge in [0, 0.05) is 5.41 Å². The normalized spacial score (nSPS) is 17.6. The third kappa shape index (κ3) is 1.30. The predicted octanol–water partition coefficient (Wildman–Crippen LogP) is 2.57. The van der Waals surface area contributed by atoms with Crippen LogP contribution >= 0.6 is 0 Å². The Hall–Kier alpha value is -1.54. The first kappa shape index (κ1) is 9.67. The summed E-state index contributed by atoms with van der Waals surface area (Å²) >= 11 is 0. The Labute approximate surface area is 94.2 Å². The molecular formula is C14H14O2. The lowest BCUT2D eigenvalue weighted by molar-refractivity contribution is 0.256. The van der Waals surface area contributed by atoms with E-state index in [1.807, 2.05) is 18.2 Å². The molecule has 0 bridgehead atoms. The van der Waals surface area contributed by atoms with Crippen molar-refractivity contribution in [2.45, 2.75) is 18.3 Å². The lowest BCUT2D eigenvalue weighted by Crippen LogP contribution is -2.12. The molecule has 0 heterocycles. The van der Waals surface area contributed by atoms with Crippen molar-refractivity contribution in [2.75, 3.05) is 6.61 Å². The van der Waals surface area contributed by atoms with Crippen LogP contribution in [0.15, 0.2) is 36.4 Å². The van der Waals surface area contributed by atoms with Crippen LogP contribution in [0.3, 0.4) is 0 Å². The molecular weight excluding hydrogens is 200 g/mol. The zero-order valence-electron chi connectivity index (χ0n) is 8.98. The first-order valence-electron chi connectivity index (χ1n) is 5.58. The minimum Gasteiger partial charge on any atom is -0.508 e. The molecule has 1 aliphatic rings. The minimum atomic E-state index is -0.0483. The van der Waals surface area contributed by atoms with Crippen LogP contribution in [0.5, 0.6) is 5.75 Å². The Kier molecular flexibility index (Phi) is 1.95. The molecule has 2 nitrogen and oxygen atoms in total. The standard InChI is InChI=1S/C14H14O2/c15-9-14(6-7-14)13-3-1-2-10-4-5-11(16)8-12(10)13/h1-5,8,15-16H,6-7,9H2. The van der Waals surface area contributed by atoms with Crippen molar-refractivity contribution in [1.29, 1.82) is 0 Å². The maximum atomic E-state index is 9.55. The average Bonchev–Trinajstić information content (AvgIpc) is 3.09. The predicted molar refractivity (Wildman–Crippen MR) is 63.6 cm³/mol. The van der Waals surface area contributed by atoms with Crippen molar-refractivity contribution in [3.63, 3.8) is 0 Å². The van der Waals surface area contributed by atoms with E-state index < -0.39 is 0 Å². The highest BCUT2D eigenvalue weighted by atomic mass is 16.3. The molecule has 3 rings (SSSR count). The number of aromatic hydroxyl groups is 1. The van der Waals surface area contributed by atoms with Gasteiger partial charge in [0.15, 0.2) is 0 Å². The molecule has 1 saturated carbocycles. The summed E-state index contributed by atoms with van der Waals surface area (Å²) in [6.07, 6.45) is 2.08. The summed E-state index contributed by atoms with van der Waals surface area (Å²) in [6, 6.07) is 11.5. The lowest BCUT2D eigenvalue weighted by Gasteiger charge is -2.15. The fraction of sp³-hybridized carbons (Fsp3) is 0.286. The summed E-state index contributed by atoms with van der Waals surface area (Å²) in [4.78, 5) is 0. The third-order valence-corrected chi connectivity index (χ3v) is 3.59. The third-order valence-electron chi connectivity index (χ3n) is 3.59. The molecule has 0 spiro atoms. The van der Waals surface area contributed by atoms with Crippen molar-refractivity contribution < 1.29 is 10.2 Å². The van der Waals surface area contributed by atoms with Crippen LogP contribution in [0.1, 0.15) is 18.4 Å². The summed E-state index contributed by atoms with van der Waals surface area (Å²) in [5, 5.41) is 21.2. The maximum Gasteiger partial charge on any atom is 0.116 e. The van der Waals surface area contributed by atoms with Gasteiger partial charge in [0.25, 0.3) is 0 Å². The number of aliphatic hydroxyl groups excluding tert-OH is 1. The van der Waals surface area contributed by atoms with E-state index in [1.54, 1.807) is 12.1 Å². The molecule has 1 fully saturated rings. The highest BCUT2D eigenvalue weighted by Crippen LogP contribution is 2.50. The molecule has 0 aromatic heterocycles. The second-order valence-electron chi connectivity index (χ2n) is 4.65. The number of benzene rings is 2. The summed E-state index contributed by atoms with van der Waals surface area (Å²) in [5.74, 6) is 0.286. The molecule has 2 heteroatoms. The highest BCUT2D eigenvalue weighted by Gasteiger charge is 2.44.